The quantitative estimate of drug-likeness (QED) is 0.726. The van der Waals surface area contributed by atoms with E-state index in [1.54, 1.807) is 4.90 Å². The molecule has 1 amide bonds. The lowest BCUT2D eigenvalue weighted by Crippen LogP contribution is -2.47. The summed E-state index contributed by atoms with van der Waals surface area (Å²) >= 11 is 10.9. The first kappa shape index (κ1) is 22.4. The summed E-state index contributed by atoms with van der Waals surface area (Å²) in [5.74, 6) is -0.0931. The second-order valence-corrected chi connectivity index (χ2v) is 7.13. The average molecular weight is 423 g/mol. The van der Waals surface area contributed by atoms with E-state index >= 15 is 0 Å². The van der Waals surface area contributed by atoms with Crippen molar-refractivity contribution >= 4 is 34.4 Å². The highest BCUT2D eigenvalue weighted by Crippen LogP contribution is 2.13. The number of amides is 1. The Morgan fingerprint density at radius 3 is 2.14 bits per heavy atom. The van der Waals surface area contributed by atoms with Crippen LogP contribution in [0, 0.1) is 0 Å². The van der Waals surface area contributed by atoms with Crippen molar-refractivity contribution in [1.29, 1.82) is 0 Å². The van der Waals surface area contributed by atoms with Crippen LogP contribution in [-0.4, -0.2) is 55.4 Å². The summed E-state index contributed by atoms with van der Waals surface area (Å²) in [5.41, 5.74) is 2.62. The Labute approximate surface area is 175 Å². The van der Waals surface area contributed by atoms with Gasteiger partial charge in [-0.2, -0.15) is 0 Å². The van der Waals surface area contributed by atoms with E-state index in [4.69, 9.17) is 27.9 Å². The van der Waals surface area contributed by atoms with Gasteiger partial charge in [0.1, 0.15) is 13.2 Å². The Bertz CT molecular complexity index is 733. The number of benzene rings is 2. The number of rotatable bonds is 6. The molecule has 1 saturated heterocycles. The molecule has 0 aromatic heterocycles. The van der Waals surface area contributed by atoms with Gasteiger partial charge in [0.2, 0.25) is 11.1 Å². The van der Waals surface area contributed by atoms with E-state index in [1.165, 1.54) is 11.1 Å². The molecule has 1 heterocycles. The Hall–Kier alpha value is -1.92. The molecule has 1 fully saturated rings. The fourth-order valence-corrected chi connectivity index (χ4v) is 2.86. The van der Waals surface area contributed by atoms with Crippen LogP contribution in [-0.2, 0) is 20.7 Å². The summed E-state index contributed by atoms with van der Waals surface area (Å²) in [6.45, 7) is 2.71. The molecule has 0 radical (unpaired) electrons. The average Bonchev–Trinajstić information content (AvgIpc) is 2.71. The molecule has 0 unspecified atom stereocenters. The third kappa shape index (κ3) is 8.85. The molecular weight excluding hydrogens is 399 g/mol. The molecule has 3 rings (SSSR count). The van der Waals surface area contributed by atoms with Crippen LogP contribution in [0.4, 0.5) is 0 Å². The zero-order valence-electron chi connectivity index (χ0n) is 15.6. The summed E-state index contributed by atoms with van der Waals surface area (Å²) in [5, 5.41) is 3.34. The van der Waals surface area contributed by atoms with Gasteiger partial charge in [0.15, 0.2) is 0 Å². The van der Waals surface area contributed by atoms with Crippen molar-refractivity contribution in [3.63, 3.8) is 0 Å². The lowest BCUT2D eigenvalue weighted by atomic mass is 10.1. The van der Waals surface area contributed by atoms with Crippen LogP contribution in [0.3, 0.4) is 0 Å². The Kier molecular flexibility index (Phi) is 10.0. The number of ether oxygens (including phenoxy) is 1. The van der Waals surface area contributed by atoms with Crippen LogP contribution in [0.1, 0.15) is 11.1 Å². The maximum absolute atomic E-state index is 11.4. The molecule has 0 atom stereocenters. The minimum atomic E-state index is -0.585. The molecule has 1 aliphatic rings. The SMILES string of the molecule is Clc1ccc(Cc2ccccc2)cc1.O=C(Cl)COCC(=O)N1CCNCC1. The highest BCUT2D eigenvalue weighted by Gasteiger charge is 2.15. The highest BCUT2D eigenvalue weighted by molar-refractivity contribution is 6.63. The predicted octanol–water partition coefficient (Wildman–Crippen LogP) is 3.13. The number of nitrogens with one attached hydrogen (secondary N) is 1. The normalized spacial score (nSPS) is 13.4. The second kappa shape index (κ2) is 12.5. The molecule has 2 aromatic rings. The van der Waals surface area contributed by atoms with E-state index in [0.29, 0.717) is 13.1 Å². The Morgan fingerprint density at radius 2 is 1.54 bits per heavy atom. The van der Waals surface area contributed by atoms with E-state index in [0.717, 1.165) is 24.5 Å². The molecule has 0 saturated carbocycles. The monoisotopic (exact) mass is 422 g/mol. The van der Waals surface area contributed by atoms with Crippen LogP contribution in [0.5, 0.6) is 0 Å². The van der Waals surface area contributed by atoms with Crippen LogP contribution in [0.15, 0.2) is 54.6 Å². The number of nitrogens with zero attached hydrogens (tertiary/aromatic N) is 1. The van der Waals surface area contributed by atoms with Gasteiger partial charge in [-0.1, -0.05) is 54.1 Å². The summed E-state index contributed by atoms with van der Waals surface area (Å²) in [6.07, 6.45) is 0.970. The Balaban J connectivity index is 0.000000200. The van der Waals surface area contributed by atoms with E-state index in [-0.39, 0.29) is 19.1 Å². The number of piperazine rings is 1. The van der Waals surface area contributed by atoms with Crippen molar-refractivity contribution in [2.75, 3.05) is 39.4 Å². The number of carbonyl (C=O) groups excluding carboxylic acids is 2. The minimum absolute atomic E-state index is 0.0710. The second-order valence-electron chi connectivity index (χ2n) is 6.27. The van der Waals surface area contributed by atoms with Gasteiger partial charge in [-0.3, -0.25) is 9.59 Å². The molecule has 150 valence electrons. The van der Waals surface area contributed by atoms with Crippen molar-refractivity contribution < 1.29 is 14.3 Å². The van der Waals surface area contributed by atoms with Crippen molar-refractivity contribution in [1.82, 2.24) is 10.2 Å². The van der Waals surface area contributed by atoms with Gasteiger partial charge < -0.3 is 15.0 Å². The number of hydrogen-bond donors (Lipinski definition) is 1. The molecule has 0 bridgehead atoms. The first-order chi connectivity index (χ1) is 13.5. The van der Waals surface area contributed by atoms with Gasteiger partial charge >= 0.3 is 0 Å². The molecule has 1 N–H and O–H groups in total. The summed E-state index contributed by atoms with van der Waals surface area (Å²) in [4.78, 5) is 23.4. The van der Waals surface area contributed by atoms with Crippen LogP contribution >= 0.6 is 23.2 Å². The van der Waals surface area contributed by atoms with Crippen molar-refractivity contribution in [2.45, 2.75) is 6.42 Å². The standard InChI is InChI=1S/C13H11Cl.C8H13ClN2O3/c14-13-8-6-12(7-9-13)10-11-4-2-1-3-5-11;9-7(12)5-14-6-8(13)11-3-1-10-2-4-11/h1-9H,10H2;10H,1-6H2. The first-order valence-corrected chi connectivity index (χ1v) is 9.83. The molecule has 5 nitrogen and oxygen atoms in total. The molecule has 0 aliphatic carbocycles. The summed E-state index contributed by atoms with van der Waals surface area (Å²) in [7, 11) is 0. The van der Waals surface area contributed by atoms with Crippen molar-refractivity contribution in [2.24, 2.45) is 0 Å². The molecule has 0 spiro atoms. The van der Waals surface area contributed by atoms with Gasteiger partial charge in [0.25, 0.3) is 0 Å². The van der Waals surface area contributed by atoms with Gasteiger partial charge in [0.05, 0.1) is 0 Å². The zero-order valence-corrected chi connectivity index (χ0v) is 17.1. The van der Waals surface area contributed by atoms with E-state index in [1.807, 2.05) is 18.2 Å². The fraction of sp³-hybridized carbons (Fsp3) is 0.333. The maximum atomic E-state index is 11.4. The van der Waals surface area contributed by atoms with Gasteiger partial charge in [0, 0.05) is 31.2 Å². The van der Waals surface area contributed by atoms with E-state index in [2.05, 4.69) is 41.7 Å². The molecule has 1 aliphatic heterocycles. The largest absolute Gasteiger partial charge is 0.362 e. The van der Waals surface area contributed by atoms with E-state index in [9.17, 15) is 9.59 Å². The number of hydrogen-bond acceptors (Lipinski definition) is 4. The lowest BCUT2D eigenvalue weighted by molar-refractivity contribution is -0.137. The fourth-order valence-electron chi connectivity index (χ4n) is 2.66. The molecule has 7 heteroatoms. The maximum Gasteiger partial charge on any atom is 0.248 e. The van der Waals surface area contributed by atoms with Gasteiger partial charge in [-0.05, 0) is 41.3 Å². The van der Waals surface area contributed by atoms with Crippen LogP contribution < -0.4 is 5.32 Å². The topological polar surface area (TPSA) is 58.6 Å². The predicted molar refractivity (Wildman–Crippen MR) is 112 cm³/mol. The highest BCUT2D eigenvalue weighted by atomic mass is 35.5. The zero-order chi connectivity index (χ0) is 20.2. The minimum Gasteiger partial charge on any atom is -0.362 e. The first-order valence-electron chi connectivity index (χ1n) is 9.07. The van der Waals surface area contributed by atoms with E-state index < -0.39 is 5.24 Å². The molecule has 28 heavy (non-hydrogen) atoms. The van der Waals surface area contributed by atoms with Crippen molar-refractivity contribution in [3.8, 4) is 0 Å². The summed E-state index contributed by atoms with van der Waals surface area (Å²) in [6, 6.07) is 18.4. The smallest absolute Gasteiger partial charge is 0.248 e. The van der Waals surface area contributed by atoms with Crippen LogP contribution in [0.2, 0.25) is 5.02 Å². The summed E-state index contributed by atoms with van der Waals surface area (Å²) < 4.78 is 4.82. The molecule has 2 aromatic carbocycles. The molecular formula is C21H24Cl2N2O3. The van der Waals surface area contributed by atoms with Crippen molar-refractivity contribution in [3.05, 3.63) is 70.7 Å². The van der Waals surface area contributed by atoms with Crippen LogP contribution in [0.25, 0.3) is 0 Å². The number of halogens is 2. The number of carbonyl (C=O) groups is 2. The Morgan fingerprint density at radius 1 is 0.929 bits per heavy atom. The van der Waals surface area contributed by atoms with Gasteiger partial charge in [-0.25, -0.2) is 0 Å². The third-order valence-electron chi connectivity index (χ3n) is 4.08. The van der Waals surface area contributed by atoms with Gasteiger partial charge in [-0.15, -0.1) is 0 Å². The lowest BCUT2D eigenvalue weighted by Gasteiger charge is -2.27. The third-order valence-corrected chi connectivity index (χ3v) is 4.44.